The fourth-order valence-electron chi connectivity index (χ4n) is 3.01. The van der Waals surface area contributed by atoms with Crippen molar-refractivity contribution >= 4 is 11.6 Å². The molecule has 2 heterocycles. The number of piperazine rings is 1. The molecule has 0 aliphatic carbocycles. The Hall–Kier alpha value is -1.63. The van der Waals surface area contributed by atoms with Gasteiger partial charge in [0.25, 0.3) is 5.91 Å². The minimum absolute atomic E-state index is 0.0897. The van der Waals surface area contributed by atoms with Gasteiger partial charge in [-0.05, 0) is 31.8 Å². The van der Waals surface area contributed by atoms with Crippen LogP contribution in [0.2, 0.25) is 0 Å². The van der Waals surface area contributed by atoms with Crippen molar-refractivity contribution in [2.24, 2.45) is 0 Å². The van der Waals surface area contributed by atoms with E-state index in [0.717, 1.165) is 44.2 Å². The monoisotopic (exact) mass is 304 g/mol. The number of anilines is 1. The summed E-state index contributed by atoms with van der Waals surface area (Å²) in [6.45, 7) is 5.35. The van der Waals surface area contributed by atoms with Gasteiger partial charge in [-0.15, -0.1) is 0 Å². The molecule has 1 amide bonds. The van der Waals surface area contributed by atoms with Crippen molar-refractivity contribution in [1.82, 2.24) is 15.1 Å². The molecular weight excluding hydrogens is 280 g/mol. The van der Waals surface area contributed by atoms with E-state index in [1.807, 2.05) is 12.1 Å². The Morgan fingerprint density at radius 3 is 2.82 bits per heavy atom. The largest absolute Gasteiger partial charge is 0.482 e. The molecule has 0 saturated carbocycles. The molecule has 2 aliphatic rings. The van der Waals surface area contributed by atoms with Crippen LogP contribution in [0.3, 0.4) is 0 Å². The number of carbonyl (C=O) groups is 1. The number of nitrogens with zero attached hydrogens (tertiary/aromatic N) is 2. The number of fused-ring (bicyclic) bond motifs is 1. The van der Waals surface area contributed by atoms with E-state index in [1.54, 1.807) is 0 Å². The standard InChI is InChI=1S/C16H24N4O2/c1-19(2)14(10-20-7-5-17-6-8-20)12-3-4-15-13(9-12)18-16(21)11-22-15/h3-4,9,14,17H,5-8,10-11H2,1-2H3,(H,18,21). The highest BCUT2D eigenvalue weighted by Gasteiger charge is 2.22. The number of hydrogen-bond donors (Lipinski definition) is 2. The molecule has 2 aliphatic heterocycles. The first-order chi connectivity index (χ1) is 10.6. The van der Waals surface area contributed by atoms with Crippen LogP contribution in [0.25, 0.3) is 0 Å². The zero-order valence-electron chi connectivity index (χ0n) is 13.3. The molecule has 2 N–H and O–H groups in total. The molecule has 6 nitrogen and oxygen atoms in total. The minimum Gasteiger partial charge on any atom is -0.482 e. The molecule has 0 radical (unpaired) electrons. The first-order valence-corrected chi connectivity index (χ1v) is 7.79. The van der Waals surface area contributed by atoms with E-state index in [2.05, 4.69) is 40.6 Å². The van der Waals surface area contributed by atoms with Crippen LogP contribution >= 0.6 is 0 Å². The number of benzene rings is 1. The third-order valence-electron chi connectivity index (χ3n) is 4.29. The van der Waals surface area contributed by atoms with Crippen molar-refractivity contribution in [3.05, 3.63) is 23.8 Å². The van der Waals surface area contributed by atoms with Gasteiger partial charge in [-0.1, -0.05) is 6.07 Å². The number of rotatable bonds is 4. The molecule has 1 saturated heterocycles. The van der Waals surface area contributed by atoms with E-state index in [0.29, 0.717) is 6.04 Å². The van der Waals surface area contributed by atoms with Crippen LogP contribution < -0.4 is 15.4 Å². The maximum atomic E-state index is 11.5. The zero-order chi connectivity index (χ0) is 15.5. The van der Waals surface area contributed by atoms with Gasteiger partial charge in [0.05, 0.1) is 5.69 Å². The summed E-state index contributed by atoms with van der Waals surface area (Å²) >= 11 is 0. The predicted molar refractivity (Wildman–Crippen MR) is 86.3 cm³/mol. The first kappa shape index (κ1) is 15.3. The van der Waals surface area contributed by atoms with E-state index in [1.165, 1.54) is 5.56 Å². The fourth-order valence-corrected chi connectivity index (χ4v) is 3.01. The van der Waals surface area contributed by atoms with Crippen LogP contribution in [0.15, 0.2) is 18.2 Å². The third-order valence-corrected chi connectivity index (χ3v) is 4.29. The number of hydrogen-bond acceptors (Lipinski definition) is 5. The summed E-state index contributed by atoms with van der Waals surface area (Å²) in [4.78, 5) is 16.2. The predicted octanol–water partition coefficient (Wildman–Crippen LogP) is 0.525. The summed E-state index contributed by atoms with van der Waals surface area (Å²) in [6, 6.07) is 6.39. The topological polar surface area (TPSA) is 56.8 Å². The second-order valence-corrected chi connectivity index (χ2v) is 6.12. The quantitative estimate of drug-likeness (QED) is 0.850. The molecule has 3 rings (SSSR count). The van der Waals surface area contributed by atoms with Gasteiger partial charge >= 0.3 is 0 Å². The number of amides is 1. The van der Waals surface area contributed by atoms with Crippen molar-refractivity contribution in [2.75, 3.05) is 58.7 Å². The molecule has 0 bridgehead atoms. The lowest BCUT2D eigenvalue weighted by Gasteiger charge is -2.34. The average molecular weight is 304 g/mol. The highest BCUT2D eigenvalue weighted by molar-refractivity contribution is 5.95. The molecule has 1 aromatic carbocycles. The van der Waals surface area contributed by atoms with Gasteiger partial charge in [0.15, 0.2) is 6.61 Å². The molecule has 1 unspecified atom stereocenters. The van der Waals surface area contributed by atoms with Crippen LogP contribution in [0.1, 0.15) is 11.6 Å². The zero-order valence-corrected chi connectivity index (χ0v) is 13.3. The average Bonchev–Trinajstić information content (AvgIpc) is 2.52. The van der Waals surface area contributed by atoms with Crippen molar-refractivity contribution < 1.29 is 9.53 Å². The molecule has 0 aromatic heterocycles. The molecule has 0 spiro atoms. The van der Waals surface area contributed by atoms with Gasteiger partial charge in [0, 0.05) is 38.8 Å². The highest BCUT2D eigenvalue weighted by Crippen LogP contribution is 2.32. The van der Waals surface area contributed by atoms with Crippen LogP contribution in [0, 0.1) is 0 Å². The maximum Gasteiger partial charge on any atom is 0.262 e. The van der Waals surface area contributed by atoms with E-state index >= 15 is 0 Å². The summed E-state index contributed by atoms with van der Waals surface area (Å²) in [5.74, 6) is 0.663. The van der Waals surface area contributed by atoms with E-state index < -0.39 is 0 Å². The summed E-state index contributed by atoms with van der Waals surface area (Å²) < 4.78 is 5.44. The molecular formula is C16H24N4O2. The molecule has 120 valence electrons. The van der Waals surface area contributed by atoms with E-state index in [4.69, 9.17) is 4.74 Å². The van der Waals surface area contributed by atoms with Gasteiger partial charge in [0.1, 0.15) is 5.75 Å². The molecule has 6 heteroatoms. The number of ether oxygens (including phenoxy) is 1. The number of carbonyl (C=O) groups excluding carboxylic acids is 1. The van der Waals surface area contributed by atoms with Gasteiger partial charge in [-0.3, -0.25) is 9.69 Å². The molecule has 1 atom stereocenters. The summed E-state index contributed by atoms with van der Waals surface area (Å²) in [6.07, 6.45) is 0. The summed E-state index contributed by atoms with van der Waals surface area (Å²) in [7, 11) is 4.20. The van der Waals surface area contributed by atoms with Crippen molar-refractivity contribution in [3.8, 4) is 5.75 Å². The van der Waals surface area contributed by atoms with Crippen LogP contribution in [-0.2, 0) is 4.79 Å². The Balaban J connectivity index is 1.79. The summed E-state index contributed by atoms with van der Waals surface area (Å²) in [5.41, 5.74) is 1.98. The number of nitrogens with one attached hydrogen (secondary N) is 2. The first-order valence-electron chi connectivity index (χ1n) is 7.79. The molecule has 1 aromatic rings. The molecule has 1 fully saturated rings. The van der Waals surface area contributed by atoms with E-state index in [9.17, 15) is 4.79 Å². The second kappa shape index (κ2) is 6.64. The second-order valence-electron chi connectivity index (χ2n) is 6.12. The Morgan fingerprint density at radius 2 is 2.09 bits per heavy atom. The Labute approximate surface area is 131 Å². The van der Waals surface area contributed by atoms with Crippen molar-refractivity contribution in [2.45, 2.75) is 6.04 Å². The van der Waals surface area contributed by atoms with Crippen LogP contribution in [0.5, 0.6) is 5.75 Å². The lowest BCUT2D eigenvalue weighted by molar-refractivity contribution is -0.118. The normalized spacial score (nSPS) is 20.2. The van der Waals surface area contributed by atoms with Crippen LogP contribution in [-0.4, -0.2) is 69.1 Å². The Morgan fingerprint density at radius 1 is 1.32 bits per heavy atom. The molecule has 22 heavy (non-hydrogen) atoms. The Bertz CT molecular complexity index is 541. The third kappa shape index (κ3) is 3.40. The number of likely N-dealkylation sites (N-methyl/N-ethyl adjacent to an activating group) is 1. The SMILES string of the molecule is CN(C)C(CN1CCNCC1)c1ccc2c(c1)NC(=O)CO2. The van der Waals surface area contributed by atoms with Gasteiger partial charge in [-0.2, -0.15) is 0 Å². The van der Waals surface area contributed by atoms with Gasteiger partial charge in [0.2, 0.25) is 0 Å². The van der Waals surface area contributed by atoms with Gasteiger partial charge in [-0.25, -0.2) is 0 Å². The van der Waals surface area contributed by atoms with Crippen molar-refractivity contribution in [3.63, 3.8) is 0 Å². The lowest BCUT2D eigenvalue weighted by atomic mass is 10.0. The highest BCUT2D eigenvalue weighted by atomic mass is 16.5. The fraction of sp³-hybridized carbons (Fsp3) is 0.562. The van der Waals surface area contributed by atoms with Crippen LogP contribution in [0.4, 0.5) is 5.69 Å². The maximum absolute atomic E-state index is 11.5. The summed E-state index contributed by atoms with van der Waals surface area (Å²) in [5, 5.41) is 6.28. The van der Waals surface area contributed by atoms with Crippen molar-refractivity contribution in [1.29, 1.82) is 0 Å². The van der Waals surface area contributed by atoms with Gasteiger partial charge < -0.3 is 20.3 Å². The smallest absolute Gasteiger partial charge is 0.262 e. The van der Waals surface area contributed by atoms with E-state index in [-0.39, 0.29) is 12.5 Å². The Kier molecular flexibility index (Phi) is 4.61. The lowest BCUT2D eigenvalue weighted by Crippen LogP contribution is -2.46. The minimum atomic E-state index is -0.0897.